The highest BCUT2D eigenvalue weighted by atomic mass is 16.5. The minimum atomic E-state index is -0.695. The number of hydrogen-bond donors (Lipinski definition) is 2. The Bertz CT molecular complexity index is 922. The van der Waals surface area contributed by atoms with Crippen molar-refractivity contribution >= 4 is 11.7 Å². The third-order valence-corrected chi connectivity index (χ3v) is 4.82. The van der Waals surface area contributed by atoms with E-state index in [-0.39, 0.29) is 11.8 Å². The van der Waals surface area contributed by atoms with Crippen molar-refractivity contribution in [2.45, 2.75) is 18.9 Å². The van der Waals surface area contributed by atoms with Gasteiger partial charge in [-0.25, -0.2) is 0 Å². The maximum atomic E-state index is 11.0. The number of para-hydroxylation sites is 1. The zero-order valence-corrected chi connectivity index (χ0v) is 14.8. The van der Waals surface area contributed by atoms with Gasteiger partial charge in [-0.15, -0.1) is 0 Å². The first kappa shape index (κ1) is 17.2. The van der Waals surface area contributed by atoms with Gasteiger partial charge >= 0.3 is 5.97 Å². The Hall–Kier alpha value is -3.27. The second-order valence-corrected chi connectivity index (χ2v) is 6.83. The average Bonchev–Trinajstić information content (AvgIpc) is 3.49. The Balaban J connectivity index is 1.35. The van der Waals surface area contributed by atoms with Gasteiger partial charge in [-0.3, -0.25) is 4.79 Å². The van der Waals surface area contributed by atoms with E-state index in [1.165, 1.54) is 0 Å². The minimum absolute atomic E-state index is 0.170. The molecule has 4 heteroatoms. The molecule has 1 aliphatic rings. The summed E-state index contributed by atoms with van der Waals surface area (Å²) in [5, 5.41) is 12.4. The summed E-state index contributed by atoms with van der Waals surface area (Å²) in [6.07, 6.45) is 0.746. The van der Waals surface area contributed by atoms with Gasteiger partial charge in [0.1, 0.15) is 11.5 Å². The quantitative estimate of drug-likeness (QED) is 0.603. The highest BCUT2D eigenvalue weighted by Crippen LogP contribution is 2.47. The zero-order valence-electron chi connectivity index (χ0n) is 14.8. The molecule has 1 saturated carbocycles. The Morgan fingerprint density at radius 1 is 0.963 bits per heavy atom. The van der Waals surface area contributed by atoms with Crippen molar-refractivity contribution in [3.05, 3.63) is 90.0 Å². The molecular formula is C23H21NO3. The van der Waals surface area contributed by atoms with E-state index >= 15 is 0 Å². The molecule has 4 rings (SSSR count). The number of benzene rings is 3. The molecule has 1 fully saturated rings. The van der Waals surface area contributed by atoms with Gasteiger partial charge in [0.15, 0.2) is 0 Å². The number of nitrogens with one attached hydrogen (secondary N) is 1. The van der Waals surface area contributed by atoms with E-state index in [4.69, 9.17) is 9.84 Å². The molecular weight excluding hydrogens is 338 g/mol. The lowest BCUT2D eigenvalue weighted by molar-refractivity contribution is -0.138. The highest BCUT2D eigenvalue weighted by Gasteiger charge is 2.43. The molecule has 1 aliphatic carbocycles. The lowest BCUT2D eigenvalue weighted by atomic mass is 10.1. The molecule has 27 heavy (non-hydrogen) atoms. The first-order valence-electron chi connectivity index (χ1n) is 9.07. The minimum Gasteiger partial charge on any atom is -0.481 e. The van der Waals surface area contributed by atoms with Gasteiger partial charge in [-0.05, 0) is 59.9 Å². The number of carbonyl (C=O) groups is 1. The first-order chi connectivity index (χ1) is 13.2. The van der Waals surface area contributed by atoms with Crippen molar-refractivity contribution in [3.8, 4) is 11.5 Å². The number of anilines is 1. The normalized spacial score (nSPS) is 17.9. The van der Waals surface area contributed by atoms with Crippen molar-refractivity contribution in [1.82, 2.24) is 0 Å². The van der Waals surface area contributed by atoms with Crippen LogP contribution in [0.4, 0.5) is 5.69 Å². The Morgan fingerprint density at radius 2 is 1.70 bits per heavy atom. The Kier molecular flexibility index (Phi) is 4.79. The molecule has 0 bridgehead atoms. The van der Waals surface area contributed by atoms with Gasteiger partial charge in [0, 0.05) is 12.2 Å². The van der Waals surface area contributed by atoms with E-state index in [2.05, 4.69) is 11.4 Å². The van der Waals surface area contributed by atoms with Crippen LogP contribution in [0.2, 0.25) is 0 Å². The summed E-state index contributed by atoms with van der Waals surface area (Å²) in [6, 6.07) is 25.8. The third kappa shape index (κ3) is 4.29. The van der Waals surface area contributed by atoms with Crippen LogP contribution in [0.25, 0.3) is 0 Å². The summed E-state index contributed by atoms with van der Waals surface area (Å²) < 4.78 is 5.87. The van der Waals surface area contributed by atoms with E-state index in [9.17, 15) is 4.79 Å². The second kappa shape index (κ2) is 7.54. The van der Waals surface area contributed by atoms with Crippen LogP contribution in [0, 0.1) is 5.92 Å². The predicted octanol–water partition coefficient (Wildman–Crippen LogP) is 5.28. The van der Waals surface area contributed by atoms with Crippen LogP contribution in [0.15, 0.2) is 78.9 Å². The van der Waals surface area contributed by atoms with Gasteiger partial charge in [0.05, 0.1) is 5.92 Å². The molecule has 0 unspecified atom stereocenters. The molecule has 0 spiro atoms. The molecule has 4 nitrogen and oxygen atoms in total. The van der Waals surface area contributed by atoms with Crippen molar-refractivity contribution in [2.75, 3.05) is 5.32 Å². The Morgan fingerprint density at radius 3 is 2.41 bits per heavy atom. The van der Waals surface area contributed by atoms with Gasteiger partial charge in [-0.2, -0.15) is 0 Å². The lowest BCUT2D eigenvalue weighted by Gasteiger charge is -2.10. The summed E-state index contributed by atoms with van der Waals surface area (Å²) >= 11 is 0. The van der Waals surface area contributed by atoms with Crippen molar-refractivity contribution in [3.63, 3.8) is 0 Å². The molecule has 0 aliphatic heterocycles. The smallest absolute Gasteiger partial charge is 0.307 e. The predicted molar refractivity (Wildman–Crippen MR) is 105 cm³/mol. The number of carboxylic acids is 1. The molecule has 0 aromatic heterocycles. The third-order valence-electron chi connectivity index (χ3n) is 4.82. The number of carboxylic acid groups (broad SMARTS) is 1. The molecule has 3 aromatic rings. The fourth-order valence-corrected chi connectivity index (χ4v) is 3.23. The van der Waals surface area contributed by atoms with E-state index in [1.54, 1.807) is 0 Å². The largest absolute Gasteiger partial charge is 0.481 e. The molecule has 0 radical (unpaired) electrons. The molecule has 0 heterocycles. The average molecular weight is 359 g/mol. The Labute approximate surface area is 158 Å². The van der Waals surface area contributed by atoms with Crippen LogP contribution in [0.1, 0.15) is 23.5 Å². The lowest BCUT2D eigenvalue weighted by Crippen LogP contribution is -2.00. The van der Waals surface area contributed by atoms with Gasteiger partial charge < -0.3 is 15.2 Å². The summed E-state index contributed by atoms with van der Waals surface area (Å²) in [6.45, 7) is 0.687. The number of ether oxygens (including phenoxy) is 1. The molecule has 136 valence electrons. The molecule has 2 N–H and O–H groups in total. The monoisotopic (exact) mass is 359 g/mol. The fourth-order valence-electron chi connectivity index (χ4n) is 3.23. The van der Waals surface area contributed by atoms with Crippen molar-refractivity contribution in [1.29, 1.82) is 0 Å². The van der Waals surface area contributed by atoms with E-state index in [0.717, 1.165) is 34.7 Å². The topological polar surface area (TPSA) is 58.6 Å². The molecule has 0 saturated heterocycles. The van der Waals surface area contributed by atoms with Crippen molar-refractivity contribution in [2.24, 2.45) is 5.92 Å². The molecule has 0 amide bonds. The number of aliphatic carboxylic acids is 1. The van der Waals surface area contributed by atoms with Gasteiger partial charge in [0.25, 0.3) is 0 Å². The van der Waals surface area contributed by atoms with Crippen LogP contribution in [-0.4, -0.2) is 11.1 Å². The fraction of sp³-hybridized carbons (Fsp3) is 0.174. The van der Waals surface area contributed by atoms with Gasteiger partial charge in [-0.1, -0.05) is 42.5 Å². The molecule has 3 aromatic carbocycles. The van der Waals surface area contributed by atoms with Crippen LogP contribution in [0.5, 0.6) is 11.5 Å². The summed E-state index contributed by atoms with van der Waals surface area (Å²) in [7, 11) is 0. The van der Waals surface area contributed by atoms with Gasteiger partial charge in [0.2, 0.25) is 0 Å². The van der Waals surface area contributed by atoms with Crippen LogP contribution in [-0.2, 0) is 11.3 Å². The van der Waals surface area contributed by atoms with Crippen LogP contribution in [0.3, 0.4) is 0 Å². The maximum Gasteiger partial charge on any atom is 0.307 e. The standard InChI is InChI=1S/C23H21NO3/c25-23(26)22-14-21(22)17-9-11-18(12-10-17)24-15-16-5-4-8-20(13-16)27-19-6-2-1-3-7-19/h1-13,21-22,24H,14-15H2,(H,25,26)/t21-,22+/m1/s1. The van der Waals surface area contributed by atoms with Crippen molar-refractivity contribution < 1.29 is 14.6 Å². The maximum absolute atomic E-state index is 11.0. The van der Waals surface area contributed by atoms with E-state index in [1.807, 2.05) is 72.8 Å². The van der Waals surface area contributed by atoms with Crippen LogP contribution >= 0.6 is 0 Å². The highest BCUT2D eigenvalue weighted by molar-refractivity contribution is 5.75. The van der Waals surface area contributed by atoms with Crippen LogP contribution < -0.4 is 10.1 Å². The second-order valence-electron chi connectivity index (χ2n) is 6.83. The van der Waals surface area contributed by atoms with E-state index < -0.39 is 5.97 Å². The zero-order chi connectivity index (χ0) is 18.6. The first-order valence-corrected chi connectivity index (χ1v) is 9.07. The molecule has 2 atom stereocenters. The number of rotatable bonds is 7. The SMILES string of the molecule is O=C(O)[C@H]1C[C@@H]1c1ccc(NCc2cccc(Oc3ccccc3)c2)cc1. The summed E-state index contributed by atoms with van der Waals surface area (Å²) in [4.78, 5) is 11.0. The summed E-state index contributed by atoms with van der Waals surface area (Å²) in [5.74, 6) is 0.890. The number of hydrogen-bond acceptors (Lipinski definition) is 3. The summed E-state index contributed by atoms with van der Waals surface area (Å²) in [5.41, 5.74) is 3.24. The van der Waals surface area contributed by atoms with E-state index in [0.29, 0.717) is 6.54 Å².